The molecule has 0 saturated heterocycles. The molecule has 0 bridgehead atoms. The van der Waals surface area contributed by atoms with E-state index < -0.39 is 0 Å². The Kier molecular flexibility index (Phi) is 2.90. The first-order valence-corrected chi connectivity index (χ1v) is 4.35. The van der Waals surface area contributed by atoms with Crippen molar-refractivity contribution in [2.45, 2.75) is 38.5 Å². The van der Waals surface area contributed by atoms with Crippen molar-refractivity contribution in [3.8, 4) is 6.07 Å². The van der Waals surface area contributed by atoms with Gasteiger partial charge in [0.15, 0.2) is 0 Å². The van der Waals surface area contributed by atoms with Crippen molar-refractivity contribution in [3.63, 3.8) is 0 Å². The number of nitrogens with zero attached hydrogens (tertiary/aromatic N) is 1. The lowest BCUT2D eigenvalue weighted by Gasteiger charge is -2.02. The van der Waals surface area contributed by atoms with Gasteiger partial charge >= 0.3 is 0 Å². The molecule has 11 heavy (non-hydrogen) atoms. The van der Waals surface area contributed by atoms with Gasteiger partial charge in [0.25, 0.3) is 0 Å². The van der Waals surface area contributed by atoms with Gasteiger partial charge in [0, 0.05) is 6.61 Å². The topological polar surface area (TPSA) is 44.0 Å². The Bertz CT molecular complexity index is 155. The summed E-state index contributed by atoms with van der Waals surface area (Å²) in [5, 5.41) is 17.2. The molecule has 0 radical (unpaired) electrons. The van der Waals surface area contributed by atoms with Crippen LogP contribution in [0.4, 0.5) is 0 Å². The molecular weight excluding hydrogens is 138 g/mol. The minimum atomic E-state index is 0.0649. The van der Waals surface area contributed by atoms with E-state index in [0.29, 0.717) is 6.61 Å². The molecule has 0 aromatic heterocycles. The van der Waals surface area contributed by atoms with Crippen molar-refractivity contribution in [2.24, 2.45) is 5.41 Å². The minimum absolute atomic E-state index is 0.0649. The molecule has 62 valence electrons. The molecule has 2 heteroatoms. The first kappa shape index (κ1) is 8.55. The summed E-state index contributed by atoms with van der Waals surface area (Å²) in [6.07, 6.45) is 6.31. The molecule has 1 fully saturated rings. The van der Waals surface area contributed by atoms with E-state index in [9.17, 15) is 0 Å². The summed E-state index contributed by atoms with van der Waals surface area (Å²) in [4.78, 5) is 0. The van der Waals surface area contributed by atoms with Crippen LogP contribution in [0.25, 0.3) is 0 Å². The normalized spacial score (nSPS) is 19.3. The van der Waals surface area contributed by atoms with Crippen LogP contribution in [0.3, 0.4) is 0 Å². The molecule has 1 aliphatic rings. The quantitative estimate of drug-likeness (QED) is 0.612. The summed E-state index contributed by atoms with van der Waals surface area (Å²) in [5.41, 5.74) is 0.0649. The summed E-state index contributed by atoms with van der Waals surface area (Å²) in [6.45, 7) is 0.291. The summed E-state index contributed by atoms with van der Waals surface area (Å²) in [7, 11) is 0. The third-order valence-electron chi connectivity index (χ3n) is 2.40. The highest BCUT2D eigenvalue weighted by molar-refractivity contribution is 5.09. The fourth-order valence-corrected chi connectivity index (χ4v) is 1.32. The Morgan fingerprint density at radius 3 is 2.45 bits per heavy atom. The van der Waals surface area contributed by atoms with Gasteiger partial charge in [-0.25, -0.2) is 0 Å². The fraction of sp³-hybridized carbons (Fsp3) is 0.889. The van der Waals surface area contributed by atoms with Gasteiger partial charge in [0.1, 0.15) is 0 Å². The molecule has 0 aromatic rings. The lowest BCUT2D eigenvalue weighted by Crippen LogP contribution is -1.95. The van der Waals surface area contributed by atoms with Crippen LogP contribution < -0.4 is 0 Å². The Morgan fingerprint density at radius 1 is 1.27 bits per heavy atom. The second-order valence-electron chi connectivity index (χ2n) is 3.43. The molecule has 1 saturated carbocycles. The fourth-order valence-electron chi connectivity index (χ4n) is 1.32. The van der Waals surface area contributed by atoms with Crippen LogP contribution in [0, 0.1) is 16.7 Å². The number of aliphatic hydroxyl groups excluding tert-OH is 1. The highest BCUT2D eigenvalue weighted by atomic mass is 16.2. The molecule has 1 aliphatic carbocycles. The standard InChI is InChI=1S/C9H15NO/c10-8-9(5-6-9)4-2-1-3-7-11/h11H,1-7H2. The number of aliphatic hydroxyl groups is 1. The zero-order valence-electron chi connectivity index (χ0n) is 6.84. The molecule has 0 aromatic carbocycles. The van der Waals surface area contributed by atoms with Gasteiger partial charge in [-0.15, -0.1) is 0 Å². The van der Waals surface area contributed by atoms with E-state index in [1.165, 1.54) is 0 Å². The number of nitriles is 1. The van der Waals surface area contributed by atoms with Gasteiger partial charge in [0.05, 0.1) is 11.5 Å². The first-order chi connectivity index (χ1) is 5.33. The van der Waals surface area contributed by atoms with Crippen LogP contribution in [-0.2, 0) is 0 Å². The molecule has 0 aliphatic heterocycles. The van der Waals surface area contributed by atoms with Crippen molar-refractivity contribution in [1.29, 1.82) is 5.26 Å². The van der Waals surface area contributed by atoms with E-state index in [1.807, 2.05) is 0 Å². The first-order valence-electron chi connectivity index (χ1n) is 4.35. The van der Waals surface area contributed by atoms with Crippen molar-refractivity contribution in [1.82, 2.24) is 0 Å². The maximum Gasteiger partial charge on any atom is 0.0689 e. The number of hydrogen-bond acceptors (Lipinski definition) is 2. The molecule has 1 N–H and O–H groups in total. The van der Waals surface area contributed by atoms with Crippen molar-refractivity contribution in [2.75, 3.05) is 6.61 Å². The third-order valence-corrected chi connectivity index (χ3v) is 2.40. The lowest BCUT2D eigenvalue weighted by atomic mass is 10.0. The molecular formula is C9H15NO. The smallest absolute Gasteiger partial charge is 0.0689 e. The van der Waals surface area contributed by atoms with E-state index >= 15 is 0 Å². The summed E-state index contributed by atoms with van der Waals surface area (Å²) < 4.78 is 0. The van der Waals surface area contributed by atoms with Crippen LogP contribution in [-0.4, -0.2) is 11.7 Å². The van der Waals surface area contributed by atoms with E-state index in [4.69, 9.17) is 10.4 Å². The highest BCUT2D eigenvalue weighted by Gasteiger charge is 2.41. The predicted octanol–water partition coefficient (Wildman–Crippen LogP) is 1.84. The zero-order chi connectivity index (χ0) is 8.16. The van der Waals surface area contributed by atoms with Gasteiger partial charge in [-0.2, -0.15) is 5.26 Å². The largest absolute Gasteiger partial charge is 0.396 e. The average Bonchev–Trinajstić information content (AvgIpc) is 2.80. The summed E-state index contributed by atoms with van der Waals surface area (Å²) in [5.74, 6) is 0. The van der Waals surface area contributed by atoms with E-state index in [1.54, 1.807) is 0 Å². The van der Waals surface area contributed by atoms with Gasteiger partial charge in [0.2, 0.25) is 0 Å². The van der Waals surface area contributed by atoms with Gasteiger partial charge in [-0.05, 0) is 25.7 Å². The molecule has 0 amide bonds. The van der Waals surface area contributed by atoms with Crippen LogP contribution in [0.1, 0.15) is 38.5 Å². The monoisotopic (exact) mass is 153 g/mol. The maximum atomic E-state index is 8.71. The molecule has 0 spiro atoms. The van der Waals surface area contributed by atoms with Gasteiger partial charge < -0.3 is 5.11 Å². The Labute approximate surface area is 67.8 Å². The molecule has 0 unspecified atom stereocenters. The Balaban J connectivity index is 2.00. The second-order valence-corrected chi connectivity index (χ2v) is 3.43. The predicted molar refractivity (Wildman–Crippen MR) is 42.8 cm³/mol. The summed E-state index contributed by atoms with van der Waals surface area (Å²) >= 11 is 0. The third kappa shape index (κ3) is 2.51. The van der Waals surface area contributed by atoms with E-state index in [0.717, 1.165) is 38.5 Å². The highest BCUT2D eigenvalue weighted by Crippen LogP contribution is 2.49. The maximum absolute atomic E-state index is 8.71. The average molecular weight is 153 g/mol. The Morgan fingerprint density at radius 2 is 2.00 bits per heavy atom. The van der Waals surface area contributed by atoms with Crippen molar-refractivity contribution < 1.29 is 5.11 Å². The van der Waals surface area contributed by atoms with Crippen LogP contribution in [0.2, 0.25) is 0 Å². The van der Waals surface area contributed by atoms with Gasteiger partial charge in [-0.1, -0.05) is 12.8 Å². The summed E-state index contributed by atoms with van der Waals surface area (Å²) in [6, 6.07) is 2.37. The lowest BCUT2D eigenvalue weighted by molar-refractivity contribution is 0.281. The number of unbranched alkanes of at least 4 members (excludes halogenated alkanes) is 2. The van der Waals surface area contributed by atoms with Crippen LogP contribution in [0.15, 0.2) is 0 Å². The minimum Gasteiger partial charge on any atom is -0.396 e. The molecule has 0 atom stereocenters. The zero-order valence-corrected chi connectivity index (χ0v) is 6.84. The number of hydrogen-bond donors (Lipinski definition) is 1. The van der Waals surface area contributed by atoms with E-state index in [-0.39, 0.29) is 5.41 Å². The second kappa shape index (κ2) is 3.73. The van der Waals surface area contributed by atoms with Crippen LogP contribution >= 0.6 is 0 Å². The van der Waals surface area contributed by atoms with Gasteiger partial charge in [-0.3, -0.25) is 0 Å². The molecule has 0 heterocycles. The Hall–Kier alpha value is -0.550. The number of rotatable bonds is 5. The van der Waals surface area contributed by atoms with E-state index in [2.05, 4.69) is 6.07 Å². The SMILES string of the molecule is N#CC1(CCCCCO)CC1. The molecule has 2 nitrogen and oxygen atoms in total. The van der Waals surface area contributed by atoms with Crippen molar-refractivity contribution >= 4 is 0 Å². The molecule has 1 rings (SSSR count). The van der Waals surface area contributed by atoms with Crippen LogP contribution in [0.5, 0.6) is 0 Å². The van der Waals surface area contributed by atoms with Crippen molar-refractivity contribution in [3.05, 3.63) is 0 Å².